The van der Waals surface area contributed by atoms with Crippen LogP contribution < -0.4 is 4.74 Å². The molecular formula is C10H10IN3O. The Bertz CT molecular complexity index is 519. The van der Waals surface area contributed by atoms with Crippen LogP contribution in [0.1, 0.15) is 24.5 Å². The third kappa shape index (κ3) is 1.40. The molecule has 0 saturated heterocycles. The van der Waals surface area contributed by atoms with E-state index in [1.807, 2.05) is 10.6 Å². The molecule has 0 aromatic carbocycles. The first-order valence-corrected chi connectivity index (χ1v) is 5.95. The summed E-state index contributed by atoms with van der Waals surface area (Å²) in [5.41, 5.74) is 2.02. The summed E-state index contributed by atoms with van der Waals surface area (Å²) in [7, 11) is 1.63. The molecule has 78 valence electrons. The molecule has 3 rings (SSSR count). The van der Waals surface area contributed by atoms with Crippen LogP contribution >= 0.6 is 22.6 Å². The van der Waals surface area contributed by atoms with Crippen molar-refractivity contribution in [2.45, 2.75) is 18.8 Å². The Balaban J connectivity index is 2.28. The molecule has 2 aromatic heterocycles. The Morgan fingerprint density at radius 3 is 3.00 bits per heavy atom. The average molecular weight is 315 g/mol. The highest BCUT2D eigenvalue weighted by atomic mass is 127. The van der Waals surface area contributed by atoms with Gasteiger partial charge in [-0.1, -0.05) is 0 Å². The molecule has 4 nitrogen and oxygen atoms in total. The van der Waals surface area contributed by atoms with Gasteiger partial charge < -0.3 is 4.74 Å². The molecule has 15 heavy (non-hydrogen) atoms. The van der Waals surface area contributed by atoms with Crippen LogP contribution in [0, 0.1) is 3.70 Å². The highest BCUT2D eigenvalue weighted by molar-refractivity contribution is 14.1. The van der Waals surface area contributed by atoms with Crippen LogP contribution in [0.5, 0.6) is 5.88 Å². The Labute approximate surface area is 101 Å². The van der Waals surface area contributed by atoms with Gasteiger partial charge in [0.05, 0.1) is 12.8 Å². The SMILES string of the molecule is COc1nccn2c(I)c(C3CC3)nc12. The number of fused-ring (bicyclic) bond motifs is 1. The lowest BCUT2D eigenvalue weighted by atomic mass is 10.3. The standard InChI is InChI=1S/C10H10IN3O/c1-15-10-9-13-7(6-2-3-6)8(11)14(9)5-4-12-10/h4-6H,2-3H2,1H3. The molecule has 1 saturated carbocycles. The second-order valence-electron chi connectivity index (χ2n) is 3.69. The second-order valence-corrected chi connectivity index (χ2v) is 4.71. The van der Waals surface area contributed by atoms with Crippen molar-refractivity contribution in [1.29, 1.82) is 0 Å². The minimum atomic E-state index is 0.599. The minimum absolute atomic E-state index is 0.599. The summed E-state index contributed by atoms with van der Waals surface area (Å²) < 4.78 is 8.43. The van der Waals surface area contributed by atoms with Crippen molar-refractivity contribution < 1.29 is 4.74 Å². The van der Waals surface area contributed by atoms with E-state index < -0.39 is 0 Å². The summed E-state index contributed by atoms with van der Waals surface area (Å²) in [6.45, 7) is 0. The molecule has 0 spiro atoms. The van der Waals surface area contributed by atoms with Crippen molar-refractivity contribution >= 4 is 28.2 Å². The van der Waals surface area contributed by atoms with Gasteiger partial charge in [-0.05, 0) is 35.4 Å². The zero-order valence-corrected chi connectivity index (χ0v) is 10.4. The van der Waals surface area contributed by atoms with Gasteiger partial charge in [-0.3, -0.25) is 4.40 Å². The fourth-order valence-corrected chi connectivity index (χ4v) is 2.65. The number of halogens is 1. The van der Waals surface area contributed by atoms with Gasteiger partial charge in [0.15, 0.2) is 0 Å². The second kappa shape index (κ2) is 3.33. The average Bonchev–Trinajstić information content (AvgIpc) is 3.04. The van der Waals surface area contributed by atoms with E-state index in [9.17, 15) is 0 Å². The molecule has 0 N–H and O–H groups in total. The summed E-state index contributed by atoms with van der Waals surface area (Å²) >= 11 is 2.34. The monoisotopic (exact) mass is 315 g/mol. The lowest BCUT2D eigenvalue weighted by Crippen LogP contribution is -1.94. The fourth-order valence-electron chi connectivity index (χ4n) is 1.70. The molecule has 1 fully saturated rings. The minimum Gasteiger partial charge on any atom is -0.478 e. The van der Waals surface area contributed by atoms with E-state index in [-0.39, 0.29) is 0 Å². The van der Waals surface area contributed by atoms with E-state index in [1.165, 1.54) is 22.2 Å². The van der Waals surface area contributed by atoms with E-state index in [0.717, 1.165) is 5.65 Å². The van der Waals surface area contributed by atoms with Crippen LogP contribution in [0.2, 0.25) is 0 Å². The summed E-state index contributed by atoms with van der Waals surface area (Å²) in [6.07, 6.45) is 6.19. The number of nitrogens with zero attached hydrogens (tertiary/aromatic N) is 3. The smallest absolute Gasteiger partial charge is 0.258 e. The van der Waals surface area contributed by atoms with Crippen molar-refractivity contribution in [2.24, 2.45) is 0 Å². The van der Waals surface area contributed by atoms with Crippen LogP contribution in [0.4, 0.5) is 0 Å². The molecule has 2 heterocycles. The third-order valence-corrected chi connectivity index (χ3v) is 3.71. The Kier molecular flexibility index (Phi) is 2.08. The van der Waals surface area contributed by atoms with Gasteiger partial charge in [-0.25, -0.2) is 9.97 Å². The molecule has 0 radical (unpaired) electrons. The highest BCUT2D eigenvalue weighted by Crippen LogP contribution is 2.42. The van der Waals surface area contributed by atoms with Gasteiger partial charge in [0, 0.05) is 18.3 Å². The van der Waals surface area contributed by atoms with E-state index in [4.69, 9.17) is 4.74 Å². The molecule has 0 aliphatic heterocycles. The molecule has 1 aliphatic carbocycles. The predicted octanol–water partition coefficient (Wildman–Crippen LogP) is 2.22. The molecule has 2 aromatic rings. The van der Waals surface area contributed by atoms with Gasteiger partial charge >= 0.3 is 0 Å². The molecule has 0 amide bonds. The fraction of sp³-hybridized carbons (Fsp3) is 0.400. The number of hydrogen-bond donors (Lipinski definition) is 0. The van der Waals surface area contributed by atoms with Gasteiger partial charge in [0.2, 0.25) is 5.65 Å². The Morgan fingerprint density at radius 1 is 1.53 bits per heavy atom. The maximum absolute atomic E-state index is 5.20. The van der Waals surface area contributed by atoms with Gasteiger partial charge in [-0.15, -0.1) is 0 Å². The van der Waals surface area contributed by atoms with Crippen molar-refractivity contribution in [3.8, 4) is 5.88 Å². The number of rotatable bonds is 2. The zero-order valence-electron chi connectivity index (χ0n) is 8.27. The lowest BCUT2D eigenvalue weighted by Gasteiger charge is -1.99. The van der Waals surface area contributed by atoms with Crippen LogP contribution in [0.15, 0.2) is 12.4 Å². The predicted molar refractivity (Wildman–Crippen MR) is 64.2 cm³/mol. The summed E-state index contributed by atoms with van der Waals surface area (Å²) in [4.78, 5) is 8.76. The highest BCUT2D eigenvalue weighted by Gasteiger charge is 2.29. The molecule has 0 unspecified atom stereocenters. The number of ether oxygens (including phenoxy) is 1. The topological polar surface area (TPSA) is 39.4 Å². The first-order valence-electron chi connectivity index (χ1n) is 4.87. The van der Waals surface area contributed by atoms with Gasteiger partial charge in [0.1, 0.15) is 3.70 Å². The first kappa shape index (κ1) is 9.38. The largest absolute Gasteiger partial charge is 0.478 e. The van der Waals surface area contributed by atoms with Gasteiger partial charge in [0.25, 0.3) is 5.88 Å². The number of aromatic nitrogens is 3. The van der Waals surface area contributed by atoms with Crippen LogP contribution in [0.25, 0.3) is 5.65 Å². The Hall–Kier alpha value is -0.850. The summed E-state index contributed by atoms with van der Waals surface area (Å²) in [5, 5.41) is 0. The third-order valence-electron chi connectivity index (χ3n) is 2.63. The zero-order chi connectivity index (χ0) is 10.4. The molecule has 5 heteroatoms. The van der Waals surface area contributed by atoms with Gasteiger partial charge in [-0.2, -0.15) is 0 Å². The van der Waals surface area contributed by atoms with E-state index >= 15 is 0 Å². The molecule has 0 atom stereocenters. The maximum Gasteiger partial charge on any atom is 0.258 e. The van der Waals surface area contributed by atoms with Crippen LogP contribution in [-0.2, 0) is 0 Å². The van der Waals surface area contributed by atoms with E-state index in [2.05, 4.69) is 32.6 Å². The van der Waals surface area contributed by atoms with Crippen molar-refractivity contribution in [1.82, 2.24) is 14.4 Å². The van der Waals surface area contributed by atoms with Crippen LogP contribution in [-0.4, -0.2) is 21.5 Å². The number of hydrogen-bond acceptors (Lipinski definition) is 3. The first-order chi connectivity index (χ1) is 7.31. The summed E-state index contributed by atoms with van der Waals surface area (Å²) in [5.74, 6) is 1.25. The van der Waals surface area contributed by atoms with Crippen LogP contribution in [0.3, 0.4) is 0 Å². The Morgan fingerprint density at radius 2 is 2.33 bits per heavy atom. The lowest BCUT2D eigenvalue weighted by molar-refractivity contribution is 0.400. The molecule has 0 bridgehead atoms. The maximum atomic E-state index is 5.20. The van der Waals surface area contributed by atoms with E-state index in [1.54, 1.807) is 13.3 Å². The normalized spacial score (nSPS) is 15.9. The number of imidazole rings is 1. The summed E-state index contributed by atoms with van der Waals surface area (Å²) in [6, 6.07) is 0. The van der Waals surface area contributed by atoms with Crippen molar-refractivity contribution in [3.63, 3.8) is 0 Å². The van der Waals surface area contributed by atoms with Crippen molar-refractivity contribution in [2.75, 3.05) is 7.11 Å². The van der Waals surface area contributed by atoms with Crippen molar-refractivity contribution in [3.05, 3.63) is 21.8 Å². The quantitative estimate of drug-likeness (QED) is 0.798. The molecule has 1 aliphatic rings. The number of methoxy groups -OCH3 is 1. The van der Waals surface area contributed by atoms with E-state index in [0.29, 0.717) is 11.8 Å². The molecular weight excluding hydrogens is 305 g/mol.